The van der Waals surface area contributed by atoms with E-state index in [1.165, 1.54) is 40.6 Å². The first-order chi connectivity index (χ1) is 19.2. The molecule has 0 spiro atoms. The number of amides is 1. The van der Waals surface area contributed by atoms with Crippen LogP contribution in [0.4, 0.5) is 32.0 Å². The molecule has 0 bridgehead atoms. The lowest BCUT2D eigenvalue weighted by Crippen LogP contribution is -2.26. The summed E-state index contributed by atoms with van der Waals surface area (Å²) in [6, 6.07) is 13.5. The molecule has 0 saturated carbocycles. The molecule has 1 N–H and O–H groups in total. The highest BCUT2D eigenvalue weighted by Gasteiger charge is 2.37. The van der Waals surface area contributed by atoms with Crippen LogP contribution in [0, 0.1) is 17.0 Å². The molecule has 0 saturated heterocycles. The summed E-state index contributed by atoms with van der Waals surface area (Å²) in [4.78, 5) is 23.2. The Balaban J connectivity index is 1.64. The zero-order valence-electron chi connectivity index (χ0n) is 21.0. The molecular formula is C26H19F6N5O3S. The van der Waals surface area contributed by atoms with Gasteiger partial charge < -0.3 is 5.32 Å². The molecule has 214 valence electrons. The van der Waals surface area contributed by atoms with Gasteiger partial charge in [0.15, 0.2) is 11.0 Å². The molecule has 0 aliphatic heterocycles. The lowest BCUT2D eigenvalue weighted by atomic mass is 10.0. The number of halogens is 6. The van der Waals surface area contributed by atoms with Crippen LogP contribution >= 0.6 is 11.8 Å². The summed E-state index contributed by atoms with van der Waals surface area (Å²) in [5, 5.41) is 21.9. The second-order valence-electron chi connectivity index (χ2n) is 8.70. The van der Waals surface area contributed by atoms with E-state index in [-0.39, 0.29) is 17.6 Å². The monoisotopic (exact) mass is 595 g/mol. The molecule has 4 aromatic rings. The van der Waals surface area contributed by atoms with Gasteiger partial charge in [0.05, 0.1) is 22.6 Å². The van der Waals surface area contributed by atoms with Gasteiger partial charge in [-0.05, 0) is 48.4 Å². The van der Waals surface area contributed by atoms with E-state index in [9.17, 15) is 41.3 Å². The molecule has 3 aromatic carbocycles. The molecule has 0 aliphatic carbocycles. The third-order valence-corrected chi connectivity index (χ3v) is 6.87. The first-order valence-corrected chi connectivity index (χ1v) is 12.7. The van der Waals surface area contributed by atoms with Crippen molar-refractivity contribution < 1.29 is 36.1 Å². The molecule has 1 amide bonds. The van der Waals surface area contributed by atoms with E-state index < -0.39 is 46.4 Å². The third-order valence-electron chi connectivity index (χ3n) is 5.89. The smallest absolute Gasteiger partial charge is 0.345 e. The zero-order valence-corrected chi connectivity index (χ0v) is 21.8. The van der Waals surface area contributed by atoms with Crippen LogP contribution in [0.5, 0.6) is 0 Å². The quantitative estimate of drug-likeness (QED) is 0.105. The Kier molecular flexibility index (Phi) is 8.37. The highest BCUT2D eigenvalue weighted by molar-refractivity contribution is 7.98. The fourth-order valence-corrected chi connectivity index (χ4v) is 4.80. The van der Waals surface area contributed by atoms with Gasteiger partial charge in [-0.3, -0.25) is 19.5 Å². The lowest BCUT2D eigenvalue weighted by Gasteiger charge is -2.14. The molecule has 8 nitrogen and oxygen atoms in total. The average Bonchev–Trinajstić information content (AvgIpc) is 3.32. The summed E-state index contributed by atoms with van der Waals surface area (Å²) in [7, 11) is 0. The van der Waals surface area contributed by atoms with Crippen LogP contribution in [-0.2, 0) is 24.7 Å². The van der Waals surface area contributed by atoms with Crippen molar-refractivity contribution in [3.63, 3.8) is 0 Å². The number of thioether (sulfide) groups is 1. The van der Waals surface area contributed by atoms with Crippen LogP contribution in [0.3, 0.4) is 0 Å². The van der Waals surface area contributed by atoms with Gasteiger partial charge in [-0.15, -0.1) is 10.2 Å². The summed E-state index contributed by atoms with van der Waals surface area (Å²) >= 11 is 1.27. The number of non-ortho nitro benzene ring substituents is 1. The minimum atomic E-state index is -5.12. The number of hydrogen-bond acceptors (Lipinski definition) is 6. The number of aromatic nitrogens is 3. The number of nitrogens with one attached hydrogen (secondary N) is 1. The molecule has 0 atom stereocenters. The summed E-state index contributed by atoms with van der Waals surface area (Å²) in [6.07, 6.45) is -10.2. The van der Waals surface area contributed by atoms with Crippen LogP contribution in [0.25, 0.3) is 5.69 Å². The van der Waals surface area contributed by atoms with Crippen molar-refractivity contribution in [2.75, 3.05) is 0 Å². The van der Waals surface area contributed by atoms with Crippen molar-refractivity contribution in [3.8, 4) is 5.69 Å². The standard InChI is InChI=1S/C26H19F6N5O3S/c1-15-4-2-3-5-16(15)14-41-24-35-34-22(36(24)20-6-8-21(9-7-20)37(39)40)13-33-23(38)17-10-18(25(27,28)29)12-19(11-17)26(30,31)32/h2-12H,13-14H2,1H3,(H,33,38). The van der Waals surface area contributed by atoms with Crippen LogP contribution in [0.15, 0.2) is 71.9 Å². The fourth-order valence-electron chi connectivity index (χ4n) is 3.75. The minimum absolute atomic E-state index is 0.0695. The first-order valence-electron chi connectivity index (χ1n) is 11.7. The number of nitro benzene ring substituents is 1. The number of carbonyl (C=O) groups is 1. The molecule has 4 rings (SSSR count). The fraction of sp³-hybridized carbons (Fsp3) is 0.192. The predicted octanol–water partition coefficient (Wildman–Crippen LogP) is 6.74. The maximum Gasteiger partial charge on any atom is 0.416 e. The Labute approximate surface area is 232 Å². The number of alkyl halides is 6. The summed E-state index contributed by atoms with van der Waals surface area (Å²) < 4.78 is 80.8. The zero-order chi connectivity index (χ0) is 29.9. The number of benzene rings is 3. The molecule has 41 heavy (non-hydrogen) atoms. The van der Waals surface area contributed by atoms with E-state index in [0.29, 0.717) is 28.7 Å². The number of carbonyl (C=O) groups excluding carboxylic acids is 1. The second kappa shape index (κ2) is 11.6. The van der Waals surface area contributed by atoms with E-state index in [0.717, 1.165) is 11.1 Å². The van der Waals surface area contributed by atoms with Crippen LogP contribution < -0.4 is 5.32 Å². The lowest BCUT2D eigenvalue weighted by molar-refractivity contribution is -0.384. The molecule has 0 radical (unpaired) electrons. The largest absolute Gasteiger partial charge is 0.416 e. The van der Waals surface area contributed by atoms with E-state index in [2.05, 4.69) is 15.5 Å². The molecule has 1 heterocycles. The maximum absolute atomic E-state index is 13.2. The van der Waals surface area contributed by atoms with Crippen molar-refractivity contribution in [2.24, 2.45) is 0 Å². The summed E-state index contributed by atoms with van der Waals surface area (Å²) in [6.45, 7) is 1.50. The van der Waals surface area contributed by atoms with E-state index in [1.807, 2.05) is 31.2 Å². The van der Waals surface area contributed by atoms with Crippen molar-refractivity contribution in [3.05, 3.63) is 110 Å². The Bertz CT molecular complexity index is 1550. The van der Waals surface area contributed by atoms with E-state index >= 15 is 0 Å². The van der Waals surface area contributed by atoms with Crippen molar-refractivity contribution in [1.29, 1.82) is 0 Å². The van der Waals surface area contributed by atoms with Gasteiger partial charge >= 0.3 is 12.4 Å². The summed E-state index contributed by atoms with van der Waals surface area (Å²) in [5.41, 5.74) is -1.87. The molecular weight excluding hydrogens is 576 g/mol. The summed E-state index contributed by atoms with van der Waals surface area (Å²) in [5.74, 6) is -0.648. The number of nitro groups is 1. The topological polar surface area (TPSA) is 103 Å². The second-order valence-corrected chi connectivity index (χ2v) is 9.64. The van der Waals surface area contributed by atoms with Crippen molar-refractivity contribution in [2.45, 2.75) is 36.7 Å². The van der Waals surface area contributed by atoms with Crippen LogP contribution in [0.2, 0.25) is 0 Å². The molecule has 1 aromatic heterocycles. The number of nitrogens with zero attached hydrogens (tertiary/aromatic N) is 4. The molecule has 0 unspecified atom stereocenters. The van der Waals surface area contributed by atoms with Crippen molar-refractivity contribution in [1.82, 2.24) is 20.1 Å². The van der Waals surface area contributed by atoms with Gasteiger partial charge in [0.1, 0.15) is 0 Å². The first kappa shape index (κ1) is 29.6. The molecule has 15 heteroatoms. The van der Waals surface area contributed by atoms with Crippen LogP contribution in [0.1, 0.15) is 38.4 Å². The van der Waals surface area contributed by atoms with Gasteiger partial charge in [0, 0.05) is 29.1 Å². The SMILES string of the molecule is Cc1ccccc1CSc1nnc(CNC(=O)c2cc(C(F)(F)F)cc(C(F)(F)F)c2)n1-c1ccc([N+](=O)[O-])cc1. The van der Waals surface area contributed by atoms with E-state index in [1.54, 1.807) is 0 Å². The van der Waals surface area contributed by atoms with Gasteiger partial charge in [-0.2, -0.15) is 26.3 Å². The third kappa shape index (κ3) is 7.03. The number of rotatable bonds is 8. The Morgan fingerprint density at radius 3 is 2.12 bits per heavy atom. The highest BCUT2D eigenvalue weighted by Crippen LogP contribution is 2.36. The van der Waals surface area contributed by atoms with E-state index in [4.69, 9.17) is 0 Å². The minimum Gasteiger partial charge on any atom is -0.345 e. The van der Waals surface area contributed by atoms with Gasteiger partial charge in [0.25, 0.3) is 11.6 Å². The predicted molar refractivity (Wildman–Crippen MR) is 136 cm³/mol. The van der Waals surface area contributed by atoms with Crippen molar-refractivity contribution >= 4 is 23.4 Å². The highest BCUT2D eigenvalue weighted by atomic mass is 32.2. The Morgan fingerprint density at radius 2 is 1.56 bits per heavy atom. The Morgan fingerprint density at radius 1 is 0.951 bits per heavy atom. The number of aryl methyl sites for hydroxylation is 1. The molecule has 0 aliphatic rings. The average molecular weight is 596 g/mol. The van der Waals surface area contributed by atoms with Gasteiger partial charge in [0.2, 0.25) is 0 Å². The van der Waals surface area contributed by atoms with Crippen LogP contribution in [-0.4, -0.2) is 25.6 Å². The van der Waals surface area contributed by atoms with Gasteiger partial charge in [-0.1, -0.05) is 36.0 Å². The Hall–Kier alpha value is -4.40. The normalized spacial score (nSPS) is 11.9. The maximum atomic E-state index is 13.2. The number of hydrogen-bond donors (Lipinski definition) is 1. The molecule has 0 fully saturated rings. The van der Waals surface area contributed by atoms with Gasteiger partial charge in [-0.25, -0.2) is 0 Å².